The predicted octanol–water partition coefficient (Wildman–Crippen LogP) is 3.18. The van der Waals surface area contributed by atoms with Crippen LogP contribution in [0.15, 0.2) is 42.5 Å². The number of rotatable bonds is 10. The number of carbonyl (C=O) groups is 3. The van der Waals surface area contributed by atoms with Gasteiger partial charge < -0.3 is 19.5 Å². The maximum Gasteiger partial charge on any atom is 0.306 e. The number of carbonyl (C=O) groups excluding carboxylic acids is 3. The molecule has 0 saturated carbocycles. The Morgan fingerprint density at radius 2 is 1.62 bits per heavy atom. The Kier molecular flexibility index (Phi) is 8.48. The molecular formula is C21H22ClNO6. The maximum absolute atomic E-state index is 12.0. The van der Waals surface area contributed by atoms with E-state index in [2.05, 4.69) is 5.32 Å². The average Bonchev–Trinajstić information content (AvgIpc) is 2.74. The normalized spacial score (nSPS) is 10.2. The molecule has 2 aromatic rings. The molecule has 0 aromatic heterocycles. The third kappa shape index (κ3) is 7.12. The number of ketones is 1. The Balaban J connectivity index is 1.71. The third-order valence-corrected chi connectivity index (χ3v) is 4.28. The fourth-order valence-corrected chi connectivity index (χ4v) is 2.58. The number of hydrogen-bond donors (Lipinski definition) is 1. The van der Waals surface area contributed by atoms with Crippen LogP contribution in [0.1, 0.15) is 28.8 Å². The lowest BCUT2D eigenvalue weighted by Crippen LogP contribution is -2.28. The summed E-state index contributed by atoms with van der Waals surface area (Å²) in [6.45, 7) is -0.174. The lowest BCUT2D eigenvalue weighted by molar-refractivity contribution is -0.148. The summed E-state index contributed by atoms with van der Waals surface area (Å²) < 4.78 is 15.3. The Labute approximate surface area is 173 Å². The van der Waals surface area contributed by atoms with Crippen LogP contribution in [0.25, 0.3) is 0 Å². The second-order valence-electron chi connectivity index (χ2n) is 6.06. The minimum atomic E-state index is -0.617. The molecule has 2 rings (SSSR count). The van der Waals surface area contributed by atoms with Gasteiger partial charge in [-0.1, -0.05) is 17.7 Å². The van der Waals surface area contributed by atoms with E-state index in [9.17, 15) is 14.4 Å². The van der Waals surface area contributed by atoms with E-state index in [1.807, 2.05) is 0 Å². The molecule has 154 valence electrons. The van der Waals surface area contributed by atoms with Gasteiger partial charge in [0.1, 0.15) is 0 Å². The van der Waals surface area contributed by atoms with Gasteiger partial charge in [-0.2, -0.15) is 0 Å². The van der Waals surface area contributed by atoms with Crippen molar-refractivity contribution in [2.75, 3.05) is 20.8 Å². The molecule has 0 unspecified atom stereocenters. The molecule has 29 heavy (non-hydrogen) atoms. The van der Waals surface area contributed by atoms with E-state index in [1.165, 1.54) is 14.2 Å². The lowest BCUT2D eigenvalue weighted by Gasteiger charge is -2.10. The fourth-order valence-electron chi connectivity index (χ4n) is 2.46. The minimum absolute atomic E-state index is 0.00622. The van der Waals surface area contributed by atoms with Crippen LogP contribution in [0.4, 0.5) is 0 Å². The largest absolute Gasteiger partial charge is 0.493 e. The van der Waals surface area contributed by atoms with Gasteiger partial charge in [-0.25, -0.2) is 0 Å². The molecule has 1 N–H and O–H groups in total. The summed E-state index contributed by atoms with van der Waals surface area (Å²) in [6, 6.07) is 11.7. The summed E-state index contributed by atoms with van der Waals surface area (Å²) in [5.74, 6) is -0.122. The first-order valence-corrected chi connectivity index (χ1v) is 9.22. The predicted molar refractivity (Wildman–Crippen MR) is 107 cm³/mol. The van der Waals surface area contributed by atoms with E-state index in [1.54, 1.807) is 42.5 Å². The Morgan fingerprint density at radius 3 is 2.28 bits per heavy atom. The van der Waals surface area contributed by atoms with Crippen molar-refractivity contribution in [2.45, 2.75) is 19.4 Å². The molecule has 0 aliphatic carbocycles. The Hall–Kier alpha value is -3.06. The first kappa shape index (κ1) is 22.2. The molecule has 0 bridgehead atoms. The molecule has 1 amide bonds. The molecule has 8 heteroatoms. The molecule has 0 saturated heterocycles. The number of amides is 1. The highest BCUT2D eigenvalue weighted by molar-refractivity contribution is 6.30. The number of esters is 1. The zero-order valence-electron chi connectivity index (χ0n) is 16.2. The lowest BCUT2D eigenvalue weighted by atomic mass is 10.1. The average molecular weight is 420 g/mol. The summed E-state index contributed by atoms with van der Waals surface area (Å²) in [5, 5.41) is 3.17. The molecule has 0 fully saturated rings. The van der Waals surface area contributed by atoms with Crippen LogP contribution in [0, 0.1) is 0 Å². The van der Waals surface area contributed by atoms with Gasteiger partial charge in [0.2, 0.25) is 0 Å². The molecule has 0 heterocycles. The maximum atomic E-state index is 12.0. The number of nitrogens with one attached hydrogen (secondary N) is 1. The van der Waals surface area contributed by atoms with Gasteiger partial charge in [-0.15, -0.1) is 0 Å². The van der Waals surface area contributed by atoms with Gasteiger partial charge >= 0.3 is 5.97 Å². The molecule has 0 radical (unpaired) electrons. The van der Waals surface area contributed by atoms with Crippen LogP contribution < -0.4 is 14.8 Å². The van der Waals surface area contributed by atoms with Gasteiger partial charge in [0, 0.05) is 23.6 Å². The van der Waals surface area contributed by atoms with Crippen LogP contribution in [-0.4, -0.2) is 38.5 Å². The van der Waals surface area contributed by atoms with E-state index in [0.717, 1.165) is 5.56 Å². The van der Waals surface area contributed by atoms with Crippen molar-refractivity contribution in [3.05, 3.63) is 58.6 Å². The summed E-state index contributed by atoms with van der Waals surface area (Å²) in [7, 11) is 3.06. The number of Topliss-reactive ketones (excluding diaryl/α,β-unsaturated/α-hetero) is 1. The highest BCUT2D eigenvalue weighted by Crippen LogP contribution is 2.27. The standard InChI is InChI=1S/C21H22ClNO6/c1-27-18-9-3-14(11-19(18)28-2)12-23-20(25)13-29-21(26)10-8-17(24)15-4-6-16(22)7-5-15/h3-7,9,11H,8,10,12-13H2,1-2H3,(H,23,25). The topological polar surface area (TPSA) is 90.9 Å². The molecule has 2 aromatic carbocycles. The monoisotopic (exact) mass is 419 g/mol. The number of hydrogen-bond acceptors (Lipinski definition) is 6. The van der Waals surface area contributed by atoms with Crippen molar-refractivity contribution < 1.29 is 28.6 Å². The van der Waals surface area contributed by atoms with Crippen molar-refractivity contribution >= 4 is 29.3 Å². The second-order valence-corrected chi connectivity index (χ2v) is 6.49. The van der Waals surface area contributed by atoms with E-state index in [-0.39, 0.29) is 25.2 Å². The fraction of sp³-hybridized carbons (Fsp3) is 0.286. The van der Waals surface area contributed by atoms with Gasteiger partial charge in [0.25, 0.3) is 5.91 Å². The third-order valence-electron chi connectivity index (χ3n) is 4.02. The summed E-state index contributed by atoms with van der Waals surface area (Å²) in [5.41, 5.74) is 1.27. The van der Waals surface area contributed by atoms with E-state index < -0.39 is 18.5 Å². The first-order chi connectivity index (χ1) is 13.9. The van der Waals surface area contributed by atoms with Crippen molar-refractivity contribution in [3.8, 4) is 11.5 Å². The highest BCUT2D eigenvalue weighted by Gasteiger charge is 2.12. The van der Waals surface area contributed by atoms with Gasteiger partial charge in [-0.3, -0.25) is 14.4 Å². The van der Waals surface area contributed by atoms with Gasteiger partial charge in [0.05, 0.1) is 20.6 Å². The number of benzene rings is 2. The van der Waals surface area contributed by atoms with Gasteiger partial charge in [0.15, 0.2) is 23.9 Å². The van der Waals surface area contributed by atoms with E-state index in [0.29, 0.717) is 22.1 Å². The van der Waals surface area contributed by atoms with Crippen molar-refractivity contribution in [1.29, 1.82) is 0 Å². The molecular weight excluding hydrogens is 398 g/mol. The van der Waals surface area contributed by atoms with Crippen LogP contribution in [0.3, 0.4) is 0 Å². The van der Waals surface area contributed by atoms with Crippen LogP contribution in [-0.2, 0) is 20.9 Å². The minimum Gasteiger partial charge on any atom is -0.493 e. The van der Waals surface area contributed by atoms with Crippen molar-refractivity contribution in [1.82, 2.24) is 5.32 Å². The molecule has 0 atom stereocenters. The highest BCUT2D eigenvalue weighted by atomic mass is 35.5. The molecule has 0 aliphatic heterocycles. The molecule has 7 nitrogen and oxygen atoms in total. The second kappa shape index (κ2) is 11.1. The zero-order chi connectivity index (χ0) is 21.2. The number of methoxy groups -OCH3 is 2. The zero-order valence-corrected chi connectivity index (χ0v) is 17.0. The summed E-state index contributed by atoms with van der Waals surface area (Å²) >= 11 is 5.77. The molecule has 0 spiro atoms. The van der Waals surface area contributed by atoms with Gasteiger partial charge in [-0.05, 0) is 42.0 Å². The van der Waals surface area contributed by atoms with Crippen molar-refractivity contribution in [3.63, 3.8) is 0 Å². The summed E-state index contributed by atoms with van der Waals surface area (Å²) in [6.07, 6.45) is -0.113. The molecule has 0 aliphatic rings. The van der Waals surface area contributed by atoms with Crippen LogP contribution in [0.5, 0.6) is 11.5 Å². The summed E-state index contributed by atoms with van der Waals surface area (Å²) in [4.78, 5) is 35.6. The van der Waals surface area contributed by atoms with Crippen LogP contribution in [0.2, 0.25) is 5.02 Å². The number of halogens is 1. The van der Waals surface area contributed by atoms with E-state index in [4.69, 9.17) is 25.8 Å². The Morgan fingerprint density at radius 1 is 0.931 bits per heavy atom. The van der Waals surface area contributed by atoms with E-state index >= 15 is 0 Å². The Bertz CT molecular complexity index is 866. The van der Waals surface area contributed by atoms with Crippen LogP contribution >= 0.6 is 11.6 Å². The first-order valence-electron chi connectivity index (χ1n) is 8.85. The van der Waals surface area contributed by atoms with Crippen molar-refractivity contribution in [2.24, 2.45) is 0 Å². The number of ether oxygens (including phenoxy) is 3. The smallest absolute Gasteiger partial charge is 0.306 e. The quantitative estimate of drug-likeness (QED) is 0.470. The SMILES string of the molecule is COc1ccc(CNC(=O)COC(=O)CCC(=O)c2ccc(Cl)cc2)cc1OC.